The van der Waals surface area contributed by atoms with Crippen molar-refractivity contribution in [2.75, 3.05) is 11.4 Å². The van der Waals surface area contributed by atoms with Crippen LogP contribution in [-0.2, 0) is 19.4 Å². The fourth-order valence-electron chi connectivity index (χ4n) is 3.11. The van der Waals surface area contributed by atoms with Gasteiger partial charge in [0.1, 0.15) is 0 Å². The number of anilines is 1. The fourth-order valence-corrected chi connectivity index (χ4v) is 3.70. The summed E-state index contributed by atoms with van der Waals surface area (Å²) in [4.78, 5) is 20.0. The molecule has 5 nitrogen and oxygen atoms in total. The van der Waals surface area contributed by atoms with Gasteiger partial charge in [-0.05, 0) is 34.7 Å². The number of nitrogens with zero attached hydrogens (tertiary/aromatic N) is 5. The van der Waals surface area contributed by atoms with Crippen LogP contribution in [0.15, 0.2) is 72.1 Å². The number of aromatic nitrogens is 4. The number of thiazole rings is 1. The summed E-state index contributed by atoms with van der Waals surface area (Å²) in [6.07, 6.45) is 9.33. The molecule has 0 N–H and O–H groups in total. The highest BCUT2D eigenvalue weighted by Gasteiger charge is 2.12. The van der Waals surface area contributed by atoms with E-state index in [9.17, 15) is 0 Å². The number of hydrogen-bond acceptors (Lipinski definition) is 6. The minimum absolute atomic E-state index is 0.753. The van der Waals surface area contributed by atoms with E-state index in [-0.39, 0.29) is 0 Å². The van der Waals surface area contributed by atoms with Crippen LogP contribution in [-0.4, -0.2) is 26.5 Å². The molecule has 0 aliphatic heterocycles. The third-order valence-electron chi connectivity index (χ3n) is 4.83. The highest BCUT2D eigenvalue weighted by atomic mass is 32.1. The van der Waals surface area contributed by atoms with Crippen LogP contribution >= 0.6 is 11.3 Å². The Morgan fingerprint density at radius 2 is 1.72 bits per heavy atom. The average molecular weight is 402 g/mol. The average Bonchev–Trinajstić information content (AvgIpc) is 3.31. The minimum atomic E-state index is 0.753. The second-order valence-corrected chi connectivity index (χ2v) is 7.55. The van der Waals surface area contributed by atoms with E-state index in [4.69, 9.17) is 0 Å². The Balaban J connectivity index is 1.52. The molecule has 0 fully saturated rings. The van der Waals surface area contributed by atoms with Crippen LogP contribution in [0, 0.1) is 0 Å². The highest BCUT2D eigenvalue weighted by Crippen LogP contribution is 2.20. The van der Waals surface area contributed by atoms with Gasteiger partial charge in [-0.2, -0.15) is 0 Å². The Labute approximate surface area is 175 Å². The molecule has 146 valence electrons. The lowest BCUT2D eigenvalue weighted by atomic mass is 10.1. The Hall–Kier alpha value is -3.12. The Kier molecular flexibility index (Phi) is 6.22. The number of benzene rings is 1. The monoisotopic (exact) mass is 401 g/mol. The lowest BCUT2D eigenvalue weighted by Crippen LogP contribution is -2.27. The minimum Gasteiger partial charge on any atom is -0.336 e. The standard InChI is InChI=1S/C23H23N5S/c1-2-18-12-25-23(26-13-18)28(11-9-22-16-29-17-27-22)15-19-5-7-20(8-6-19)21-4-3-10-24-14-21/h3-8,10,12-14,16-17H,2,9,11,15H2,1H3. The first-order valence-corrected chi connectivity index (χ1v) is 10.7. The van der Waals surface area contributed by atoms with Crippen molar-refractivity contribution in [2.24, 2.45) is 0 Å². The summed E-state index contributed by atoms with van der Waals surface area (Å²) < 4.78 is 0. The fraction of sp³-hybridized carbons (Fsp3) is 0.217. The van der Waals surface area contributed by atoms with Gasteiger partial charge in [0.25, 0.3) is 0 Å². The lowest BCUT2D eigenvalue weighted by molar-refractivity contribution is 0.743. The summed E-state index contributed by atoms with van der Waals surface area (Å²) in [5.74, 6) is 0.758. The van der Waals surface area contributed by atoms with Crippen molar-refractivity contribution in [3.63, 3.8) is 0 Å². The summed E-state index contributed by atoms with van der Waals surface area (Å²) in [6.45, 7) is 3.69. The zero-order valence-electron chi connectivity index (χ0n) is 16.4. The molecule has 0 saturated heterocycles. The summed E-state index contributed by atoms with van der Waals surface area (Å²) in [5.41, 5.74) is 7.64. The van der Waals surface area contributed by atoms with Crippen LogP contribution in [0.5, 0.6) is 0 Å². The van der Waals surface area contributed by atoms with Gasteiger partial charge in [-0.15, -0.1) is 11.3 Å². The van der Waals surface area contributed by atoms with Gasteiger partial charge < -0.3 is 4.90 Å². The second-order valence-electron chi connectivity index (χ2n) is 6.83. The van der Waals surface area contributed by atoms with E-state index in [1.165, 1.54) is 11.1 Å². The zero-order chi connectivity index (χ0) is 19.9. The number of aryl methyl sites for hydroxylation is 1. The molecule has 29 heavy (non-hydrogen) atoms. The SMILES string of the molecule is CCc1cnc(N(CCc2cscn2)Cc2ccc(-c3cccnc3)cc2)nc1. The van der Waals surface area contributed by atoms with Crippen LogP contribution in [0.25, 0.3) is 11.1 Å². The first-order valence-electron chi connectivity index (χ1n) is 9.74. The maximum atomic E-state index is 4.60. The third-order valence-corrected chi connectivity index (χ3v) is 5.46. The van der Waals surface area contributed by atoms with Crippen molar-refractivity contribution in [1.82, 2.24) is 19.9 Å². The van der Waals surface area contributed by atoms with Gasteiger partial charge in [-0.25, -0.2) is 15.0 Å². The van der Waals surface area contributed by atoms with Crippen LogP contribution in [0.4, 0.5) is 5.95 Å². The van der Waals surface area contributed by atoms with Crippen molar-refractivity contribution in [3.05, 3.63) is 88.9 Å². The Bertz CT molecular complexity index is 1000. The molecule has 6 heteroatoms. The summed E-state index contributed by atoms with van der Waals surface area (Å²) in [7, 11) is 0. The van der Waals surface area contributed by atoms with Crippen molar-refractivity contribution >= 4 is 17.3 Å². The summed E-state index contributed by atoms with van der Waals surface area (Å²) in [6, 6.07) is 12.7. The maximum Gasteiger partial charge on any atom is 0.225 e. The molecule has 1 aromatic carbocycles. The predicted octanol–water partition coefficient (Wildman–Crippen LogP) is 4.81. The molecule has 0 radical (unpaired) electrons. The van der Waals surface area contributed by atoms with Gasteiger partial charge in [-0.1, -0.05) is 37.3 Å². The third kappa shape index (κ3) is 5.03. The number of pyridine rings is 1. The van der Waals surface area contributed by atoms with Crippen molar-refractivity contribution in [3.8, 4) is 11.1 Å². The maximum absolute atomic E-state index is 4.60. The van der Waals surface area contributed by atoms with E-state index < -0.39 is 0 Å². The molecule has 4 aromatic rings. The lowest BCUT2D eigenvalue weighted by Gasteiger charge is -2.22. The van der Waals surface area contributed by atoms with E-state index in [0.29, 0.717) is 0 Å². The van der Waals surface area contributed by atoms with E-state index in [1.807, 2.05) is 30.2 Å². The molecule has 0 aliphatic rings. The topological polar surface area (TPSA) is 54.8 Å². The van der Waals surface area contributed by atoms with Crippen molar-refractivity contribution < 1.29 is 0 Å². The van der Waals surface area contributed by atoms with Crippen LogP contribution in [0.3, 0.4) is 0 Å². The molecule has 0 unspecified atom stereocenters. The zero-order valence-corrected chi connectivity index (χ0v) is 17.2. The van der Waals surface area contributed by atoms with Gasteiger partial charge in [0.15, 0.2) is 0 Å². The molecule has 0 bridgehead atoms. The van der Waals surface area contributed by atoms with Crippen LogP contribution in [0.2, 0.25) is 0 Å². The molecule has 0 amide bonds. The quantitative estimate of drug-likeness (QED) is 0.424. The van der Waals surface area contributed by atoms with E-state index in [1.54, 1.807) is 17.5 Å². The normalized spacial score (nSPS) is 10.8. The van der Waals surface area contributed by atoms with Crippen molar-refractivity contribution in [2.45, 2.75) is 26.3 Å². The largest absolute Gasteiger partial charge is 0.336 e. The molecule has 0 spiro atoms. The molecule has 0 saturated carbocycles. The van der Waals surface area contributed by atoms with Gasteiger partial charge in [0.2, 0.25) is 5.95 Å². The molecular formula is C23H23N5S. The molecule has 0 aliphatic carbocycles. The second kappa shape index (κ2) is 9.39. The van der Waals surface area contributed by atoms with Crippen LogP contribution < -0.4 is 4.90 Å². The van der Waals surface area contributed by atoms with Gasteiger partial charge in [-0.3, -0.25) is 4.98 Å². The molecule has 0 atom stereocenters. The summed E-state index contributed by atoms with van der Waals surface area (Å²) in [5, 5.41) is 2.10. The molecule has 3 heterocycles. The van der Waals surface area contributed by atoms with E-state index >= 15 is 0 Å². The highest BCUT2D eigenvalue weighted by molar-refractivity contribution is 7.07. The summed E-state index contributed by atoms with van der Waals surface area (Å²) >= 11 is 1.63. The van der Waals surface area contributed by atoms with Crippen LogP contribution in [0.1, 0.15) is 23.7 Å². The smallest absolute Gasteiger partial charge is 0.225 e. The number of rotatable bonds is 8. The molecular weight excluding hydrogens is 378 g/mol. The van der Waals surface area contributed by atoms with Gasteiger partial charge in [0, 0.05) is 49.7 Å². The molecule has 3 aromatic heterocycles. The van der Waals surface area contributed by atoms with Crippen molar-refractivity contribution in [1.29, 1.82) is 0 Å². The van der Waals surface area contributed by atoms with E-state index in [2.05, 4.69) is 67.5 Å². The molecule has 4 rings (SSSR count). The first kappa shape index (κ1) is 19.2. The number of hydrogen-bond donors (Lipinski definition) is 0. The van der Waals surface area contributed by atoms with Gasteiger partial charge in [0.05, 0.1) is 11.2 Å². The Morgan fingerprint density at radius 3 is 2.38 bits per heavy atom. The first-order chi connectivity index (χ1) is 14.3. The van der Waals surface area contributed by atoms with Gasteiger partial charge >= 0.3 is 0 Å². The predicted molar refractivity (Wildman–Crippen MR) is 118 cm³/mol. The van der Waals surface area contributed by atoms with E-state index in [0.717, 1.165) is 48.7 Å². The Morgan fingerprint density at radius 1 is 0.897 bits per heavy atom.